The first kappa shape index (κ1) is 14.8. The maximum atomic E-state index is 12.4. The molecule has 2 aromatic rings. The summed E-state index contributed by atoms with van der Waals surface area (Å²) < 4.78 is 10.9. The number of nitrogens with zero attached hydrogens (tertiary/aromatic N) is 3. The van der Waals surface area contributed by atoms with E-state index in [4.69, 9.17) is 9.47 Å². The van der Waals surface area contributed by atoms with Gasteiger partial charge in [-0.05, 0) is 24.3 Å². The predicted molar refractivity (Wildman–Crippen MR) is 82.5 cm³/mol. The maximum absolute atomic E-state index is 12.4. The first-order valence-electron chi connectivity index (χ1n) is 7.12. The third-order valence-electron chi connectivity index (χ3n) is 3.48. The molecule has 116 valence electrons. The monoisotopic (exact) mass is 319 g/mol. The Bertz CT molecular complexity index is 633. The summed E-state index contributed by atoms with van der Waals surface area (Å²) in [5, 5.41) is 1.91. The number of hydrogen-bond acceptors (Lipinski definition) is 6. The van der Waals surface area contributed by atoms with E-state index in [9.17, 15) is 4.79 Å². The van der Waals surface area contributed by atoms with Crippen LogP contribution < -0.4 is 9.47 Å². The molecule has 1 aliphatic heterocycles. The highest BCUT2D eigenvalue weighted by atomic mass is 32.1. The molecule has 0 N–H and O–H groups in total. The Morgan fingerprint density at radius 3 is 3.05 bits per heavy atom. The summed E-state index contributed by atoms with van der Waals surface area (Å²) in [5.41, 5.74) is 0. The molecule has 1 atom stereocenters. The van der Waals surface area contributed by atoms with Crippen LogP contribution in [0.1, 0.15) is 22.5 Å². The van der Waals surface area contributed by atoms with Gasteiger partial charge in [0.2, 0.25) is 11.8 Å². The summed E-state index contributed by atoms with van der Waals surface area (Å²) in [6, 6.07) is 3.74. The van der Waals surface area contributed by atoms with Gasteiger partial charge < -0.3 is 14.4 Å². The van der Waals surface area contributed by atoms with E-state index in [1.165, 1.54) is 24.6 Å². The third kappa shape index (κ3) is 3.36. The van der Waals surface area contributed by atoms with Crippen LogP contribution >= 0.6 is 11.3 Å². The van der Waals surface area contributed by atoms with Gasteiger partial charge in [0.1, 0.15) is 6.10 Å². The molecule has 22 heavy (non-hydrogen) atoms. The van der Waals surface area contributed by atoms with Crippen LogP contribution in [0.25, 0.3) is 0 Å². The maximum Gasteiger partial charge on any atom is 0.264 e. The molecule has 1 fully saturated rings. The highest BCUT2D eigenvalue weighted by Gasteiger charge is 2.26. The van der Waals surface area contributed by atoms with Gasteiger partial charge in [-0.1, -0.05) is 6.07 Å². The fourth-order valence-corrected chi connectivity index (χ4v) is 3.12. The molecule has 1 saturated heterocycles. The lowest BCUT2D eigenvalue weighted by atomic mass is 10.1. The molecule has 0 spiro atoms. The zero-order valence-corrected chi connectivity index (χ0v) is 13.1. The zero-order chi connectivity index (χ0) is 15.4. The fraction of sp³-hybridized carbons (Fsp3) is 0.400. The number of hydrogen-bond donors (Lipinski definition) is 0. The second kappa shape index (κ2) is 6.74. The molecule has 1 aliphatic rings. The lowest BCUT2D eigenvalue weighted by Crippen LogP contribution is -2.44. The molecule has 7 heteroatoms. The van der Waals surface area contributed by atoms with Crippen LogP contribution in [0, 0.1) is 0 Å². The van der Waals surface area contributed by atoms with Crippen molar-refractivity contribution >= 4 is 17.2 Å². The van der Waals surface area contributed by atoms with Crippen molar-refractivity contribution in [2.24, 2.45) is 0 Å². The highest BCUT2D eigenvalue weighted by molar-refractivity contribution is 7.12. The summed E-state index contributed by atoms with van der Waals surface area (Å²) in [4.78, 5) is 23.2. The van der Waals surface area contributed by atoms with Gasteiger partial charge in [0, 0.05) is 6.54 Å². The van der Waals surface area contributed by atoms with Gasteiger partial charge in [0.15, 0.2) is 0 Å². The largest absolute Gasteiger partial charge is 0.480 e. The minimum atomic E-state index is -0.0703. The summed E-state index contributed by atoms with van der Waals surface area (Å²) in [6.45, 7) is 1.33. The summed E-state index contributed by atoms with van der Waals surface area (Å²) >= 11 is 1.46. The fourth-order valence-electron chi connectivity index (χ4n) is 2.43. The summed E-state index contributed by atoms with van der Waals surface area (Å²) in [7, 11) is 1.54. The second-order valence-electron chi connectivity index (χ2n) is 5.01. The van der Waals surface area contributed by atoms with Gasteiger partial charge in [0.25, 0.3) is 5.91 Å². The molecule has 3 heterocycles. The topological polar surface area (TPSA) is 64.6 Å². The van der Waals surface area contributed by atoms with E-state index in [1.54, 1.807) is 6.20 Å². The quantitative estimate of drug-likeness (QED) is 0.864. The van der Waals surface area contributed by atoms with Crippen molar-refractivity contribution in [3.63, 3.8) is 0 Å². The first-order valence-corrected chi connectivity index (χ1v) is 7.99. The standard InChI is InChI=1S/C15H17N3O3S/c1-20-13-8-16-9-14(17-13)21-11-4-2-6-18(10-11)15(19)12-5-3-7-22-12/h3,5,7-9,11H,2,4,6,10H2,1H3/t11-/m1/s1. The second-order valence-corrected chi connectivity index (χ2v) is 5.96. The van der Waals surface area contributed by atoms with Gasteiger partial charge >= 0.3 is 0 Å². The molecule has 2 aromatic heterocycles. The number of carbonyl (C=O) groups is 1. The molecular formula is C15H17N3O3S. The Morgan fingerprint density at radius 1 is 1.41 bits per heavy atom. The number of ether oxygens (including phenoxy) is 2. The SMILES string of the molecule is COc1cncc(O[C@@H]2CCCN(C(=O)c3cccs3)C2)n1. The molecule has 3 rings (SSSR count). The van der Waals surface area contributed by atoms with Gasteiger partial charge in [-0.25, -0.2) is 0 Å². The van der Waals surface area contributed by atoms with Crippen LogP contribution in [0.4, 0.5) is 0 Å². The number of carbonyl (C=O) groups excluding carboxylic acids is 1. The molecule has 0 unspecified atom stereocenters. The number of likely N-dealkylation sites (tertiary alicyclic amines) is 1. The van der Waals surface area contributed by atoms with Crippen LogP contribution in [-0.4, -0.2) is 47.1 Å². The Balaban J connectivity index is 1.64. The number of thiophene rings is 1. The Morgan fingerprint density at radius 2 is 2.27 bits per heavy atom. The molecule has 6 nitrogen and oxygen atoms in total. The van der Waals surface area contributed by atoms with E-state index in [1.807, 2.05) is 22.4 Å². The molecule has 0 saturated carbocycles. The first-order chi connectivity index (χ1) is 10.8. The minimum Gasteiger partial charge on any atom is -0.480 e. The Kier molecular flexibility index (Phi) is 4.53. The average molecular weight is 319 g/mol. The van der Waals surface area contributed by atoms with Crippen molar-refractivity contribution in [2.75, 3.05) is 20.2 Å². The van der Waals surface area contributed by atoms with E-state index in [2.05, 4.69) is 9.97 Å². The van der Waals surface area contributed by atoms with Crippen LogP contribution in [-0.2, 0) is 0 Å². The van der Waals surface area contributed by atoms with Crippen molar-refractivity contribution < 1.29 is 14.3 Å². The number of aromatic nitrogens is 2. The lowest BCUT2D eigenvalue weighted by Gasteiger charge is -2.32. The molecule has 0 radical (unpaired) electrons. The Labute approximate surface area is 132 Å². The number of piperidine rings is 1. The lowest BCUT2D eigenvalue weighted by molar-refractivity contribution is 0.0529. The third-order valence-corrected chi connectivity index (χ3v) is 4.34. The van der Waals surface area contributed by atoms with E-state index in [0.717, 1.165) is 24.3 Å². The number of methoxy groups -OCH3 is 1. The van der Waals surface area contributed by atoms with Crippen molar-refractivity contribution in [3.8, 4) is 11.8 Å². The van der Waals surface area contributed by atoms with E-state index >= 15 is 0 Å². The van der Waals surface area contributed by atoms with Gasteiger partial charge in [-0.15, -0.1) is 11.3 Å². The molecular weight excluding hydrogens is 302 g/mol. The predicted octanol–water partition coefficient (Wildman–Crippen LogP) is 2.23. The van der Waals surface area contributed by atoms with Crippen molar-refractivity contribution in [1.82, 2.24) is 14.9 Å². The highest BCUT2D eigenvalue weighted by Crippen LogP contribution is 2.20. The van der Waals surface area contributed by atoms with Crippen molar-refractivity contribution in [3.05, 3.63) is 34.8 Å². The normalized spacial score (nSPS) is 18.0. The minimum absolute atomic E-state index is 0.0695. The molecule has 0 aromatic carbocycles. The average Bonchev–Trinajstić information content (AvgIpc) is 3.09. The van der Waals surface area contributed by atoms with E-state index in [-0.39, 0.29) is 12.0 Å². The van der Waals surface area contributed by atoms with E-state index < -0.39 is 0 Å². The van der Waals surface area contributed by atoms with Crippen molar-refractivity contribution in [1.29, 1.82) is 0 Å². The molecule has 0 aliphatic carbocycles. The van der Waals surface area contributed by atoms with Gasteiger partial charge in [0.05, 0.1) is 30.9 Å². The Hall–Kier alpha value is -2.15. The van der Waals surface area contributed by atoms with Crippen LogP contribution in [0.5, 0.6) is 11.8 Å². The molecule has 0 bridgehead atoms. The van der Waals surface area contributed by atoms with Crippen LogP contribution in [0.3, 0.4) is 0 Å². The van der Waals surface area contributed by atoms with Gasteiger partial charge in [-0.2, -0.15) is 4.98 Å². The molecule has 1 amide bonds. The van der Waals surface area contributed by atoms with Crippen LogP contribution in [0.2, 0.25) is 0 Å². The number of rotatable bonds is 4. The van der Waals surface area contributed by atoms with Crippen molar-refractivity contribution in [2.45, 2.75) is 18.9 Å². The zero-order valence-electron chi connectivity index (χ0n) is 12.3. The smallest absolute Gasteiger partial charge is 0.264 e. The summed E-state index contributed by atoms with van der Waals surface area (Å²) in [6.07, 6.45) is 4.83. The number of amides is 1. The van der Waals surface area contributed by atoms with Gasteiger partial charge in [-0.3, -0.25) is 9.78 Å². The summed E-state index contributed by atoms with van der Waals surface area (Å²) in [5.74, 6) is 0.912. The van der Waals surface area contributed by atoms with E-state index in [0.29, 0.717) is 18.3 Å². The van der Waals surface area contributed by atoms with Crippen LogP contribution in [0.15, 0.2) is 29.9 Å².